The van der Waals surface area contributed by atoms with Crippen LogP contribution >= 0.6 is 0 Å². The van der Waals surface area contributed by atoms with Crippen LogP contribution in [0.5, 0.6) is 5.75 Å². The average molecular weight is 404 g/mol. The Labute approximate surface area is 177 Å². The van der Waals surface area contributed by atoms with Gasteiger partial charge < -0.3 is 15.4 Å². The van der Waals surface area contributed by atoms with E-state index in [-0.39, 0.29) is 11.4 Å². The first-order chi connectivity index (χ1) is 14.6. The van der Waals surface area contributed by atoms with Crippen LogP contribution < -0.4 is 15.4 Å². The summed E-state index contributed by atoms with van der Waals surface area (Å²) in [6.07, 6.45) is 13.2. The summed E-state index contributed by atoms with van der Waals surface area (Å²) >= 11 is 0. The number of aromatic nitrogens is 1. The maximum Gasteiger partial charge on any atom is 0.248 e. The van der Waals surface area contributed by atoms with Crippen molar-refractivity contribution in [3.8, 4) is 5.75 Å². The Hall–Kier alpha value is -2.82. The molecule has 0 saturated heterocycles. The summed E-state index contributed by atoms with van der Waals surface area (Å²) in [6, 6.07) is 11.5. The third-order valence-corrected chi connectivity index (χ3v) is 6.98. The van der Waals surface area contributed by atoms with E-state index in [0.29, 0.717) is 5.69 Å². The lowest BCUT2D eigenvalue weighted by molar-refractivity contribution is -0.111. The van der Waals surface area contributed by atoms with Crippen LogP contribution in [0.15, 0.2) is 48.7 Å². The number of amides is 1. The highest BCUT2D eigenvalue weighted by Gasteiger charge is 2.51. The van der Waals surface area contributed by atoms with E-state index in [9.17, 15) is 4.79 Å². The van der Waals surface area contributed by atoms with Crippen LogP contribution in [0.25, 0.3) is 6.08 Å². The number of hydrogen-bond acceptors (Lipinski definition) is 4. The third-order valence-electron chi connectivity index (χ3n) is 6.98. The Kier molecular flexibility index (Phi) is 4.97. The minimum absolute atomic E-state index is 0.179. The van der Waals surface area contributed by atoms with Crippen LogP contribution in [0.3, 0.4) is 0 Å². The summed E-state index contributed by atoms with van der Waals surface area (Å²) in [4.78, 5) is 16.8. The van der Waals surface area contributed by atoms with Gasteiger partial charge in [0, 0.05) is 11.6 Å². The number of rotatable bonds is 6. The molecular weight excluding hydrogens is 374 g/mol. The Morgan fingerprint density at radius 2 is 1.83 bits per heavy atom. The van der Waals surface area contributed by atoms with E-state index in [1.165, 1.54) is 44.6 Å². The molecule has 156 valence electrons. The number of nitrogens with one attached hydrogen (secondary N) is 2. The van der Waals surface area contributed by atoms with Gasteiger partial charge in [0.15, 0.2) is 0 Å². The van der Waals surface area contributed by atoms with Crippen LogP contribution in [-0.4, -0.2) is 23.5 Å². The predicted octanol–water partition coefficient (Wildman–Crippen LogP) is 5.12. The summed E-state index contributed by atoms with van der Waals surface area (Å²) < 4.78 is 5.21. The van der Waals surface area contributed by atoms with Crippen LogP contribution in [0.4, 0.5) is 11.5 Å². The zero-order valence-electron chi connectivity index (χ0n) is 17.4. The van der Waals surface area contributed by atoms with E-state index in [4.69, 9.17) is 4.74 Å². The molecule has 5 nitrogen and oxygen atoms in total. The van der Waals surface area contributed by atoms with Crippen molar-refractivity contribution >= 4 is 23.5 Å². The second-order valence-electron chi connectivity index (χ2n) is 9.35. The van der Waals surface area contributed by atoms with Gasteiger partial charge in [0.25, 0.3) is 0 Å². The largest absolute Gasteiger partial charge is 0.497 e. The first kappa shape index (κ1) is 19.2. The van der Waals surface area contributed by atoms with Gasteiger partial charge in [0.2, 0.25) is 5.91 Å². The molecule has 5 heteroatoms. The highest BCUT2D eigenvalue weighted by atomic mass is 16.5. The van der Waals surface area contributed by atoms with Gasteiger partial charge in [-0.05, 0) is 92.2 Å². The van der Waals surface area contributed by atoms with Gasteiger partial charge in [0.1, 0.15) is 11.6 Å². The van der Waals surface area contributed by atoms with Gasteiger partial charge in [-0.3, -0.25) is 4.79 Å². The molecule has 4 saturated carbocycles. The maximum atomic E-state index is 12.3. The molecule has 0 atom stereocenters. The van der Waals surface area contributed by atoms with Gasteiger partial charge in [0.05, 0.1) is 19.0 Å². The molecule has 1 aromatic carbocycles. The molecule has 0 aliphatic heterocycles. The standard InChI is InChI=1S/C25H29N3O2/c1-30-22-4-2-3-17(12-22)5-8-24(29)27-21-6-7-23(26-16-21)28-25-13-18-9-19(14-25)11-20(10-18)15-25/h2-8,12,16,18-20H,9-11,13-15H2,1H3,(H,26,28)(H,27,29)/b8-5+. The first-order valence-electron chi connectivity index (χ1n) is 11.0. The normalized spacial score (nSPS) is 29.2. The van der Waals surface area contributed by atoms with Crippen molar-refractivity contribution in [2.24, 2.45) is 17.8 Å². The van der Waals surface area contributed by atoms with Crippen molar-refractivity contribution in [2.75, 3.05) is 17.7 Å². The van der Waals surface area contributed by atoms with Crippen LogP contribution in [0.1, 0.15) is 44.1 Å². The topological polar surface area (TPSA) is 63.2 Å². The fourth-order valence-corrected chi connectivity index (χ4v) is 6.18. The second-order valence-corrected chi connectivity index (χ2v) is 9.35. The Morgan fingerprint density at radius 3 is 2.47 bits per heavy atom. The SMILES string of the molecule is COc1cccc(/C=C/C(=O)Nc2ccc(NC34CC5CC(CC(C5)C3)C4)nc2)c1. The number of nitrogens with zero attached hydrogens (tertiary/aromatic N) is 1. The lowest BCUT2D eigenvalue weighted by Crippen LogP contribution is -2.54. The monoisotopic (exact) mass is 403 g/mol. The maximum absolute atomic E-state index is 12.3. The van der Waals surface area contributed by atoms with Gasteiger partial charge in [-0.25, -0.2) is 4.98 Å². The average Bonchev–Trinajstić information content (AvgIpc) is 2.73. The molecular formula is C25H29N3O2. The summed E-state index contributed by atoms with van der Waals surface area (Å²) in [7, 11) is 1.63. The molecule has 4 aliphatic carbocycles. The number of ether oxygens (including phenoxy) is 1. The summed E-state index contributed by atoms with van der Waals surface area (Å²) in [5.74, 6) is 4.21. The highest BCUT2D eigenvalue weighted by Crippen LogP contribution is 2.56. The molecule has 0 spiro atoms. The van der Waals surface area contributed by atoms with Gasteiger partial charge in [-0.2, -0.15) is 0 Å². The molecule has 1 aromatic heterocycles. The van der Waals surface area contributed by atoms with Crippen molar-refractivity contribution in [3.63, 3.8) is 0 Å². The molecule has 0 radical (unpaired) electrons. The number of anilines is 2. The molecule has 1 heterocycles. The molecule has 2 N–H and O–H groups in total. The van der Waals surface area contributed by atoms with E-state index >= 15 is 0 Å². The van der Waals surface area contributed by atoms with E-state index in [0.717, 1.165) is 34.9 Å². The predicted molar refractivity (Wildman–Crippen MR) is 119 cm³/mol. The Morgan fingerprint density at radius 1 is 1.10 bits per heavy atom. The van der Waals surface area contributed by atoms with E-state index in [1.807, 2.05) is 36.4 Å². The molecule has 4 aliphatic rings. The smallest absolute Gasteiger partial charge is 0.248 e. The van der Waals surface area contributed by atoms with Crippen molar-refractivity contribution in [1.82, 2.24) is 4.98 Å². The number of carbonyl (C=O) groups excluding carboxylic acids is 1. The summed E-state index contributed by atoms with van der Waals surface area (Å²) in [6.45, 7) is 0. The Bertz CT molecular complexity index is 916. The van der Waals surface area contributed by atoms with Crippen LogP contribution in [-0.2, 0) is 4.79 Å². The number of carbonyl (C=O) groups is 1. The van der Waals surface area contributed by atoms with Crippen molar-refractivity contribution < 1.29 is 9.53 Å². The third kappa shape index (κ3) is 4.07. The quantitative estimate of drug-likeness (QED) is 0.657. The Balaban J connectivity index is 1.19. The summed E-state index contributed by atoms with van der Waals surface area (Å²) in [5.41, 5.74) is 1.86. The van der Waals surface area contributed by atoms with Crippen LogP contribution in [0, 0.1) is 17.8 Å². The molecule has 30 heavy (non-hydrogen) atoms. The zero-order valence-corrected chi connectivity index (χ0v) is 17.4. The number of benzene rings is 1. The van der Waals surface area contributed by atoms with Gasteiger partial charge >= 0.3 is 0 Å². The lowest BCUT2D eigenvalue weighted by Gasteiger charge is -2.57. The first-order valence-corrected chi connectivity index (χ1v) is 11.0. The van der Waals surface area contributed by atoms with E-state index in [1.54, 1.807) is 19.4 Å². The summed E-state index contributed by atoms with van der Waals surface area (Å²) in [5, 5.41) is 6.66. The number of methoxy groups -OCH3 is 1. The molecule has 2 aromatic rings. The van der Waals surface area contributed by atoms with Crippen molar-refractivity contribution in [2.45, 2.75) is 44.1 Å². The van der Waals surface area contributed by atoms with Crippen molar-refractivity contribution in [3.05, 3.63) is 54.2 Å². The highest BCUT2D eigenvalue weighted by molar-refractivity contribution is 6.01. The van der Waals surface area contributed by atoms with Gasteiger partial charge in [-0.15, -0.1) is 0 Å². The minimum Gasteiger partial charge on any atom is -0.497 e. The molecule has 0 unspecified atom stereocenters. The van der Waals surface area contributed by atoms with Gasteiger partial charge in [-0.1, -0.05) is 12.1 Å². The molecule has 1 amide bonds. The lowest BCUT2D eigenvalue weighted by atomic mass is 9.53. The fraction of sp³-hybridized carbons (Fsp3) is 0.440. The van der Waals surface area contributed by atoms with E-state index < -0.39 is 0 Å². The fourth-order valence-electron chi connectivity index (χ4n) is 6.18. The number of hydrogen-bond donors (Lipinski definition) is 2. The molecule has 4 fully saturated rings. The zero-order chi connectivity index (χ0) is 20.6. The minimum atomic E-state index is -0.179. The van der Waals surface area contributed by atoms with E-state index in [2.05, 4.69) is 15.6 Å². The molecule has 4 bridgehead atoms. The number of pyridine rings is 1. The molecule has 6 rings (SSSR count). The van der Waals surface area contributed by atoms with Crippen LogP contribution in [0.2, 0.25) is 0 Å². The van der Waals surface area contributed by atoms with Crippen molar-refractivity contribution in [1.29, 1.82) is 0 Å². The second kappa shape index (κ2) is 7.78.